The number of phenols is 1. The number of nitrogens with zero attached hydrogens (tertiary/aromatic N) is 2. The number of aliphatic imine (C=N–C) groups is 1. The van der Waals surface area contributed by atoms with Crippen LogP contribution in [0.3, 0.4) is 0 Å². The molecule has 1 aromatic heterocycles. The Morgan fingerprint density at radius 1 is 0.958 bits per heavy atom. The minimum Gasteiger partial charge on any atom is -0.508 e. The summed E-state index contributed by atoms with van der Waals surface area (Å²) >= 11 is 1.51. The van der Waals surface area contributed by atoms with Gasteiger partial charge in [0.1, 0.15) is 5.75 Å². The molecule has 0 amide bonds. The Kier molecular flexibility index (Phi) is 3.81. The van der Waals surface area contributed by atoms with E-state index in [0.717, 1.165) is 27.6 Å². The number of thiazole rings is 1. The van der Waals surface area contributed by atoms with Crippen LogP contribution in [0.1, 0.15) is 5.56 Å². The first-order valence-electron chi connectivity index (χ1n) is 7.56. The van der Waals surface area contributed by atoms with Crippen molar-refractivity contribution in [1.29, 1.82) is 0 Å². The second kappa shape index (κ2) is 6.26. The monoisotopic (exact) mass is 330 g/mol. The number of hydrogen-bond acceptors (Lipinski definition) is 4. The highest BCUT2D eigenvalue weighted by Crippen LogP contribution is 2.27. The molecule has 0 saturated carbocycles. The van der Waals surface area contributed by atoms with E-state index < -0.39 is 0 Å². The minimum atomic E-state index is 0.254. The first-order valence-corrected chi connectivity index (χ1v) is 8.44. The van der Waals surface area contributed by atoms with Crippen LogP contribution < -0.4 is 0 Å². The highest BCUT2D eigenvalue weighted by molar-refractivity contribution is 7.13. The average molecular weight is 330 g/mol. The molecule has 0 aliphatic heterocycles. The van der Waals surface area contributed by atoms with Crippen molar-refractivity contribution < 1.29 is 5.11 Å². The lowest BCUT2D eigenvalue weighted by Crippen LogP contribution is -1.84. The van der Waals surface area contributed by atoms with Gasteiger partial charge >= 0.3 is 0 Å². The first-order chi connectivity index (χ1) is 11.8. The fourth-order valence-electron chi connectivity index (χ4n) is 2.59. The van der Waals surface area contributed by atoms with Crippen molar-refractivity contribution in [3.63, 3.8) is 0 Å². The molecule has 3 nitrogen and oxygen atoms in total. The molecule has 1 N–H and O–H groups in total. The summed E-state index contributed by atoms with van der Waals surface area (Å²) < 4.78 is 0. The number of benzene rings is 3. The van der Waals surface area contributed by atoms with Gasteiger partial charge in [-0.1, -0.05) is 54.6 Å². The normalized spacial score (nSPS) is 11.3. The number of aromatic hydroxyl groups is 1. The number of rotatable bonds is 3. The second-order valence-corrected chi connectivity index (χ2v) is 6.23. The molecule has 1 heterocycles. The molecule has 0 aliphatic rings. The molecule has 24 heavy (non-hydrogen) atoms. The fourth-order valence-corrected chi connectivity index (χ4v) is 3.26. The van der Waals surface area contributed by atoms with E-state index in [-0.39, 0.29) is 5.75 Å². The predicted octanol–water partition coefficient (Wildman–Crippen LogP) is 5.42. The fraction of sp³-hybridized carbons (Fsp3) is 0. The molecular weight excluding hydrogens is 316 g/mol. The smallest absolute Gasteiger partial charge is 0.209 e. The van der Waals surface area contributed by atoms with E-state index in [9.17, 15) is 5.11 Å². The van der Waals surface area contributed by atoms with Crippen LogP contribution in [0.5, 0.6) is 5.75 Å². The molecule has 0 atom stereocenters. The van der Waals surface area contributed by atoms with E-state index in [1.54, 1.807) is 18.3 Å². The number of hydrogen-bond donors (Lipinski definition) is 1. The molecule has 0 aliphatic carbocycles. The van der Waals surface area contributed by atoms with Gasteiger partial charge in [0.2, 0.25) is 5.13 Å². The van der Waals surface area contributed by atoms with Gasteiger partial charge < -0.3 is 5.11 Å². The maximum atomic E-state index is 9.71. The summed E-state index contributed by atoms with van der Waals surface area (Å²) in [6.07, 6.45) is 1.80. The average Bonchev–Trinajstić information content (AvgIpc) is 3.10. The van der Waals surface area contributed by atoms with Crippen molar-refractivity contribution >= 4 is 33.5 Å². The predicted molar refractivity (Wildman–Crippen MR) is 100 cm³/mol. The summed E-state index contributed by atoms with van der Waals surface area (Å²) in [5, 5.41) is 14.5. The van der Waals surface area contributed by atoms with Crippen LogP contribution in [0.4, 0.5) is 5.13 Å². The summed E-state index contributed by atoms with van der Waals surface area (Å²) in [5.74, 6) is 0.254. The minimum absolute atomic E-state index is 0.254. The molecule has 116 valence electrons. The largest absolute Gasteiger partial charge is 0.508 e. The third kappa shape index (κ3) is 2.92. The van der Waals surface area contributed by atoms with Gasteiger partial charge in [0.15, 0.2) is 0 Å². The van der Waals surface area contributed by atoms with Gasteiger partial charge in [-0.15, -0.1) is 11.3 Å². The Bertz CT molecular complexity index is 1020. The van der Waals surface area contributed by atoms with E-state index >= 15 is 0 Å². The highest BCUT2D eigenvalue weighted by atomic mass is 32.1. The third-order valence-corrected chi connectivity index (χ3v) is 4.52. The Balaban J connectivity index is 1.67. The zero-order valence-corrected chi connectivity index (χ0v) is 13.6. The van der Waals surface area contributed by atoms with Crippen LogP contribution in [0, 0.1) is 0 Å². The number of phenolic OH excluding ortho intramolecular Hbond substituents is 1. The highest BCUT2D eigenvalue weighted by Gasteiger charge is 2.04. The molecule has 0 unspecified atom stereocenters. The molecule has 3 aromatic carbocycles. The lowest BCUT2D eigenvalue weighted by atomic mass is 10.1. The van der Waals surface area contributed by atoms with Crippen molar-refractivity contribution in [1.82, 2.24) is 4.98 Å². The van der Waals surface area contributed by atoms with Gasteiger partial charge in [-0.05, 0) is 22.9 Å². The lowest BCUT2D eigenvalue weighted by molar-refractivity contribution is 0.476. The molecule has 0 spiro atoms. The first kappa shape index (κ1) is 14.6. The van der Waals surface area contributed by atoms with Crippen LogP contribution >= 0.6 is 11.3 Å². The number of aromatic nitrogens is 1. The molecule has 0 radical (unpaired) electrons. The molecule has 0 fully saturated rings. The summed E-state index contributed by atoms with van der Waals surface area (Å²) in [6.45, 7) is 0. The van der Waals surface area contributed by atoms with Crippen LogP contribution in [0.15, 0.2) is 77.1 Å². The number of fused-ring (bicyclic) bond motifs is 1. The van der Waals surface area contributed by atoms with Crippen LogP contribution in [0.2, 0.25) is 0 Å². The summed E-state index contributed by atoms with van der Waals surface area (Å²) in [4.78, 5) is 9.07. The van der Waals surface area contributed by atoms with Gasteiger partial charge in [-0.25, -0.2) is 9.98 Å². The van der Waals surface area contributed by atoms with Crippen molar-refractivity contribution in [3.8, 4) is 17.0 Å². The van der Waals surface area contributed by atoms with Gasteiger partial charge in [0, 0.05) is 22.7 Å². The molecular formula is C20H14N2OS. The van der Waals surface area contributed by atoms with E-state index in [1.807, 2.05) is 60.0 Å². The van der Waals surface area contributed by atoms with Crippen molar-refractivity contribution in [3.05, 3.63) is 77.7 Å². The molecule has 0 bridgehead atoms. The van der Waals surface area contributed by atoms with Crippen molar-refractivity contribution in [2.75, 3.05) is 0 Å². The van der Waals surface area contributed by atoms with E-state index in [1.165, 1.54) is 11.3 Å². The van der Waals surface area contributed by atoms with Crippen LogP contribution in [-0.2, 0) is 0 Å². The molecule has 4 rings (SSSR count). The topological polar surface area (TPSA) is 45.5 Å². The third-order valence-electron chi connectivity index (χ3n) is 3.78. The summed E-state index contributed by atoms with van der Waals surface area (Å²) in [7, 11) is 0. The SMILES string of the molecule is Oc1ccc2cccc(C=Nc3nc(-c4ccccc4)cs3)c2c1. The quantitative estimate of drug-likeness (QED) is 0.510. The van der Waals surface area contributed by atoms with E-state index in [4.69, 9.17) is 0 Å². The molecule has 4 heteroatoms. The maximum absolute atomic E-state index is 9.71. The van der Waals surface area contributed by atoms with Gasteiger partial charge in [0.05, 0.1) is 5.69 Å². The Labute approximate surface area is 143 Å². The summed E-state index contributed by atoms with van der Waals surface area (Å²) in [5.41, 5.74) is 2.98. The zero-order valence-electron chi connectivity index (χ0n) is 12.8. The van der Waals surface area contributed by atoms with Gasteiger partial charge in [-0.2, -0.15) is 0 Å². The second-order valence-electron chi connectivity index (χ2n) is 5.39. The Hall–Kier alpha value is -2.98. The molecule has 4 aromatic rings. The van der Waals surface area contributed by atoms with E-state index in [2.05, 4.69) is 9.98 Å². The molecule has 0 saturated heterocycles. The Morgan fingerprint density at radius 2 is 1.83 bits per heavy atom. The van der Waals surface area contributed by atoms with Crippen molar-refractivity contribution in [2.45, 2.75) is 0 Å². The van der Waals surface area contributed by atoms with Crippen LogP contribution in [0.25, 0.3) is 22.0 Å². The van der Waals surface area contributed by atoms with Crippen LogP contribution in [-0.4, -0.2) is 16.3 Å². The van der Waals surface area contributed by atoms with Gasteiger partial charge in [-0.3, -0.25) is 0 Å². The van der Waals surface area contributed by atoms with Crippen molar-refractivity contribution in [2.24, 2.45) is 4.99 Å². The standard InChI is InChI=1S/C20H14N2OS/c23-17-10-9-14-7-4-8-16(18(14)11-17)12-21-20-22-19(13-24-20)15-5-2-1-3-6-15/h1-13,23H. The van der Waals surface area contributed by atoms with E-state index in [0.29, 0.717) is 5.13 Å². The summed E-state index contributed by atoms with van der Waals surface area (Å²) in [6, 6.07) is 21.4. The zero-order chi connectivity index (χ0) is 16.4. The lowest BCUT2D eigenvalue weighted by Gasteiger charge is -2.02. The maximum Gasteiger partial charge on any atom is 0.209 e. The van der Waals surface area contributed by atoms with Gasteiger partial charge in [0.25, 0.3) is 0 Å². The Morgan fingerprint density at radius 3 is 2.71 bits per heavy atom.